The zero-order valence-electron chi connectivity index (χ0n) is 13.8. The second kappa shape index (κ2) is 6.71. The summed E-state index contributed by atoms with van der Waals surface area (Å²) >= 11 is 0. The van der Waals surface area contributed by atoms with E-state index in [1.807, 2.05) is 32.0 Å². The second-order valence-electron chi connectivity index (χ2n) is 6.48. The van der Waals surface area contributed by atoms with Crippen LogP contribution in [0.5, 0.6) is 0 Å². The molecule has 3 rings (SSSR count). The number of rotatable bonds is 4. The van der Waals surface area contributed by atoms with Crippen LogP contribution in [0.4, 0.5) is 5.69 Å². The van der Waals surface area contributed by atoms with Crippen LogP contribution in [0.1, 0.15) is 30.4 Å². The van der Waals surface area contributed by atoms with Gasteiger partial charge in [-0.25, -0.2) is 0 Å². The molecule has 2 heterocycles. The van der Waals surface area contributed by atoms with Crippen molar-refractivity contribution in [3.63, 3.8) is 0 Å². The third-order valence-electron chi connectivity index (χ3n) is 4.85. The Labute approximate surface area is 137 Å². The number of hydrogen-bond donors (Lipinski definition) is 1. The molecule has 5 nitrogen and oxygen atoms in total. The molecule has 1 N–H and O–H groups in total. The van der Waals surface area contributed by atoms with E-state index in [2.05, 4.69) is 5.32 Å². The topological polar surface area (TPSA) is 58.6 Å². The van der Waals surface area contributed by atoms with Crippen molar-refractivity contribution in [2.75, 3.05) is 24.6 Å². The summed E-state index contributed by atoms with van der Waals surface area (Å²) in [4.78, 5) is 26.6. The minimum atomic E-state index is -0.571. The van der Waals surface area contributed by atoms with Gasteiger partial charge in [0.05, 0.1) is 6.10 Å². The normalized spacial score (nSPS) is 24.3. The number of hydrogen-bond acceptors (Lipinski definition) is 3. The van der Waals surface area contributed by atoms with Gasteiger partial charge in [-0.15, -0.1) is 0 Å². The number of anilines is 1. The van der Waals surface area contributed by atoms with E-state index in [0.29, 0.717) is 19.5 Å². The van der Waals surface area contributed by atoms with Gasteiger partial charge in [0.15, 0.2) is 0 Å². The molecule has 0 aromatic heterocycles. The third-order valence-corrected chi connectivity index (χ3v) is 4.85. The molecule has 0 bridgehead atoms. The lowest BCUT2D eigenvalue weighted by molar-refractivity contribution is -0.132. The van der Waals surface area contributed by atoms with E-state index < -0.39 is 5.92 Å². The molecule has 0 radical (unpaired) electrons. The van der Waals surface area contributed by atoms with E-state index >= 15 is 0 Å². The minimum Gasteiger partial charge on any atom is -0.376 e. The molecule has 23 heavy (non-hydrogen) atoms. The average molecular weight is 316 g/mol. The van der Waals surface area contributed by atoms with Gasteiger partial charge in [-0.3, -0.25) is 9.59 Å². The maximum atomic E-state index is 12.6. The Bertz CT molecular complexity index is 608. The van der Waals surface area contributed by atoms with Crippen molar-refractivity contribution in [2.45, 2.75) is 39.2 Å². The third kappa shape index (κ3) is 3.39. The van der Waals surface area contributed by atoms with E-state index in [-0.39, 0.29) is 17.9 Å². The molecule has 2 fully saturated rings. The molecule has 5 heteroatoms. The summed E-state index contributed by atoms with van der Waals surface area (Å²) in [5.41, 5.74) is 3.24. The van der Waals surface area contributed by atoms with Crippen LogP contribution in [-0.4, -0.2) is 37.6 Å². The van der Waals surface area contributed by atoms with Crippen LogP contribution < -0.4 is 10.2 Å². The van der Waals surface area contributed by atoms with Crippen molar-refractivity contribution < 1.29 is 14.3 Å². The van der Waals surface area contributed by atoms with Gasteiger partial charge in [-0.1, -0.05) is 6.07 Å². The van der Waals surface area contributed by atoms with Crippen LogP contribution in [0.15, 0.2) is 18.2 Å². The van der Waals surface area contributed by atoms with Crippen molar-refractivity contribution in [3.8, 4) is 0 Å². The van der Waals surface area contributed by atoms with Crippen molar-refractivity contribution in [1.82, 2.24) is 5.32 Å². The summed E-state index contributed by atoms with van der Waals surface area (Å²) in [6.07, 6.45) is 2.70. The van der Waals surface area contributed by atoms with Crippen LogP contribution in [0, 0.1) is 19.8 Å². The van der Waals surface area contributed by atoms with Crippen molar-refractivity contribution >= 4 is 17.5 Å². The molecule has 2 atom stereocenters. The summed E-state index contributed by atoms with van der Waals surface area (Å²) in [5, 5.41) is 2.88. The van der Waals surface area contributed by atoms with E-state index in [9.17, 15) is 9.59 Å². The Morgan fingerprint density at radius 3 is 2.83 bits per heavy atom. The number of carbonyl (C=O) groups is 2. The summed E-state index contributed by atoms with van der Waals surface area (Å²) < 4.78 is 5.50. The predicted octanol–water partition coefficient (Wildman–Crippen LogP) is 1.95. The summed E-state index contributed by atoms with van der Waals surface area (Å²) in [6, 6.07) is 5.98. The van der Waals surface area contributed by atoms with Gasteiger partial charge in [0.25, 0.3) is 0 Å². The highest BCUT2D eigenvalue weighted by Crippen LogP contribution is 2.27. The first-order valence-electron chi connectivity index (χ1n) is 8.34. The van der Waals surface area contributed by atoms with Gasteiger partial charge in [0.1, 0.15) is 5.92 Å². The van der Waals surface area contributed by atoms with Crippen molar-refractivity contribution in [2.24, 2.45) is 5.92 Å². The molecule has 1 aromatic rings. The fourth-order valence-corrected chi connectivity index (χ4v) is 3.22. The monoisotopic (exact) mass is 316 g/mol. The van der Waals surface area contributed by atoms with Gasteiger partial charge in [0, 0.05) is 25.4 Å². The smallest absolute Gasteiger partial charge is 0.239 e. The quantitative estimate of drug-likeness (QED) is 0.864. The van der Waals surface area contributed by atoms with Gasteiger partial charge in [0.2, 0.25) is 11.8 Å². The van der Waals surface area contributed by atoms with Crippen LogP contribution >= 0.6 is 0 Å². The first-order chi connectivity index (χ1) is 11.1. The Morgan fingerprint density at radius 2 is 2.13 bits per heavy atom. The molecular formula is C18H24N2O3. The number of amides is 2. The van der Waals surface area contributed by atoms with Crippen LogP contribution in [0.2, 0.25) is 0 Å². The molecule has 2 amide bonds. The zero-order chi connectivity index (χ0) is 16.4. The van der Waals surface area contributed by atoms with E-state index in [1.165, 1.54) is 5.56 Å². The summed E-state index contributed by atoms with van der Waals surface area (Å²) in [5.74, 6) is -0.840. The lowest BCUT2D eigenvalue weighted by Gasteiger charge is -2.18. The van der Waals surface area contributed by atoms with Crippen molar-refractivity contribution in [1.29, 1.82) is 0 Å². The Hall–Kier alpha value is -1.88. The van der Waals surface area contributed by atoms with Crippen LogP contribution in [-0.2, 0) is 14.3 Å². The second-order valence-corrected chi connectivity index (χ2v) is 6.48. The molecule has 0 aliphatic carbocycles. The number of aryl methyl sites for hydroxylation is 2. The van der Waals surface area contributed by atoms with Gasteiger partial charge < -0.3 is 15.0 Å². The van der Waals surface area contributed by atoms with Gasteiger partial charge >= 0.3 is 0 Å². The van der Waals surface area contributed by atoms with Crippen molar-refractivity contribution in [3.05, 3.63) is 29.3 Å². The van der Waals surface area contributed by atoms with E-state index in [0.717, 1.165) is 30.7 Å². The summed E-state index contributed by atoms with van der Waals surface area (Å²) in [6.45, 7) is 5.95. The van der Waals surface area contributed by atoms with E-state index in [1.54, 1.807) is 4.90 Å². The minimum absolute atomic E-state index is 0.0990. The highest BCUT2D eigenvalue weighted by molar-refractivity contribution is 6.09. The largest absolute Gasteiger partial charge is 0.376 e. The van der Waals surface area contributed by atoms with Crippen LogP contribution in [0.25, 0.3) is 0 Å². The molecule has 0 spiro atoms. The molecule has 1 aromatic carbocycles. The van der Waals surface area contributed by atoms with Gasteiger partial charge in [-0.05, 0) is 56.4 Å². The number of benzene rings is 1. The Morgan fingerprint density at radius 1 is 1.30 bits per heavy atom. The predicted molar refractivity (Wildman–Crippen MR) is 88.4 cm³/mol. The number of nitrogens with zero attached hydrogens (tertiary/aromatic N) is 1. The Balaban J connectivity index is 1.61. The molecule has 0 saturated carbocycles. The lowest BCUT2D eigenvalue weighted by Crippen LogP contribution is -2.39. The maximum Gasteiger partial charge on any atom is 0.239 e. The number of carbonyl (C=O) groups excluding carboxylic acids is 2. The standard InChI is InChI=1S/C18H24N2O3/c1-12-5-6-14(10-13(12)2)20-8-7-16(18(20)22)17(21)19-11-15-4-3-9-23-15/h5-6,10,15-16H,3-4,7-9,11H2,1-2H3,(H,19,21). The fraction of sp³-hybridized carbons (Fsp3) is 0.556. The highest BCUT2D eigenvalue weighted by atomic mass is 16.5. The van der Waals surface area contributed by atoms with E-state index in [4.69, 9.17) is 4.74 Å². The van der Waals surface area contributed by atoms with Crippen LogP contribution in [0.3, 0.4) is 0 Å². The Kier molecular flexibility index (Phi) is 4.66. The summed E-state index contributed by atoms with van der Waals surface area (Å²) in [7, 11) is 0. The molecular weight excluding hydrogens is 292 g/mol. The molecule has 2 aliphatic heterocycles. The van der Waals surface area contributed by atoms with Gasteiger partial charge in [-0.2, -0.15) is 0 Å². The number of nitrogens with one attached hydrogen (secondary N) is 1. The average Bonchev–Trinajstić information content (AvgIpc) is 3.17. The fourth-order valence-electron chi connectivity index (χ4n) is 3.22. The number of ether oxygens (including phenoxy) is 1. The maximum absolute atomic E-state index is 12.6. The highest BCUT2D eigenvalue weighted by Gasteiger charge is 2.37. The first-order valence-corrected chi connectivity index (χ1v) is 8.34. The first kappa shape index (κ1) is 16.0. The molecule has 2 aliphatic rings. The molecule has 2 saturated heterocycles. The molecule has 124 valence electrons. The lowest BCUT2D eigenvalue weighted by atomic mass is 10.1. The zero-order valence-corrected chi connectivity index (χ0v) is 13.8. The SMILES string of the molecule is Cc1ccc(N2CCC(C(=O)NCC3CCCO3)C2=O)cc1C. The molecule has 2 unspecified atom stereocenters.